The Kier molecular flexibility index (Phi) is 4.97. The van der Waals surface area contributed by atoms with Crippen LogP contribution in [0.15, 0.2) is 60.8 Å². The first kappa shape index (κ1) is 19.3. The smallest absolute Gasteiger partial charge is 0.267 e. The molecule has 0 aliphatic carbocycles. The highest BCUT2D eigenvalue weighted by Crippen LogP contribution is 2.21. The molecule has 0 atom stereocenters. The van der Waals surface area contributed by atoms with E-state index in [-0.39, 0.29) is 11.5 Å². The highest BCUT2D eigenvalue weighted by molar-refractivity contribution is 6.13. The van der Waals surface area contributed by atoms with E-state index in [1.165, 1.54) is 18.2 Å². The van der Waals surface area contributed by atoms with Crippen LogP contribution >= 0.6 is 0 Å². The van der Waals surface area contributed by atoms with Crippen LogP contribution in [0.4, 0.5) is 10.1 Å². The van der Waals surface area contributed by atoms with Gasteiger partial charge in [0.15, 0.2) is 0 Å². The maximum Gasteiger partial charge on any atom is 0.267 e. The van der Waals surface area contributed by atoms with Gasteiger partial charge in [0.25, 0.3) is 11.8 Å². The molecular weight excluding hydrogens is 385 g/mol. The van der Waals surface area contributed by atoms with Gasteiger partial charge in [0.2, 0.25) is 0 Å². The van der Waals surface area contributed by atoms with Crippen LogP contribution in [0.5, 0.6) is 0 Å². The van der Waals surface area contributed by atoms with Crippen LogP contribution in [0.2, 0.25) is 0 Å². The van der Waals surface area contributed by atoms with Gasteiger partial charge in [0.1, 0.15) is 11.5 Å². The quantitative estimate of drug-likeness (QED) is 0.534. The second kappa shape index (κ2) is 7.75. The first-order chi connectivity index (χ1) is 14.4. The number of benzene rings is 2. The van der Waals surface area contributed by atoms with Gasteiger partial charge in [0.05, 0.1) is 29.0 Å². The number of carbonyl (C=O) groups excluding carboxylic acids is 2. The number of primary amides is 1. The summed E-state index contributed by atoms with van der Waals surface area (Å²) >= 11 is 0. The Balaban J connectivity index is 1.62. The second-order valence-electron chi connectivity index (χ2n) is 6.84. The summed E-state index contributed by atoms with van der Waals surface area (Å²) in [4.78, 5) is 28.8. The van der Waals surface area contributed by atoms with Gasteiger partial charge in [0, 0.05) is 11.6 Å². The van der Waals surface area contributed by atoms with Gasteiger partial charge in [-0.25, -0.2) is 9.37 Å². The third-order valence-electron chi connectivity index (χ3n) is 4.67. The van der Waals surface area contributed by atoms with E-state index in [1.807, 2.05) is 0 Å². The molecule has 0 aliphatic rings. The molecule has 30 heavy (non-hydrogen) atoms. The number of rotatable bonds is 5. The van der Waals surface area contributed by atoms with Crippen molar-refractivity contribution >= 4 is 28.4 Å². The van der Waals surface area contributed by atoms with Gasteiger partial charge >= 0.3 is 0 Å². The van der Waals surface area contributed by atoms with Gasteiger partial charge in [-0.2, -0.15) is 5.10 Å². The number of aromatic nitrogens is 3. The van der Waals surface area contributed by atoms with E-state index in [9.17, 15) is 14.0 Å². The lowest BCUT2D eigenvalue weighted by Crippen LogP contribution is -2.17. The highest BCUT2D eigenvalue weighted by atomic mass is 19.1. The first-order valence-corrected chi connectivity index (χ1v) is 9.20. The van der Waals surface area contributed by atoms with Crippen LogP contribution in [0, 0.1) is 12.7 Å². The van der Waals surface area contributed by atoms with Crippen molar-refractivity contribution in [1.29, 1.82) is 0 Å². The number of carbonyl (C=O) groups is 2. The van der Waals surface area contributed by atoms with Crippen molar-refractivity contribution < 1.29 is 14.0 Å². The van der Waals surface area contributed by atoms with E-state index < -0.39 is 11.8 Å². The van der Waals surface area contributed by atoms with Crippen LogP contribution in [-0.4, -0.2) is 26.6 Å². The summed E-state index contributed by atoms with van der Waals surface area (Å²) in [6.07, 6.45) is 1.70. The number of halogens is 1. The molecule has 0 saturated heterocycles. The van der Waals surface area contributed by atoms with Crippen LogP contribution in [-0.2, 0) is 6.54 Å². The fourth-order valence-electron chi connectivity index (χ4n) is 3.18. The van der Waals surface area contributed by atoms with Crippen molar-refractivity contribution in [3.63, 3.8) is 0 Å². The van der Waals surface area contributed by atoms with Crippen molar-refractivity contribution in [2.45, 2.75) is 13.5 Å². The average Bonchev–Trinajstić information content (AvgIpc) is 3.07. The molecule has 2 aromatic heterocycles. The minimum atomic E-state index is -0.710. The van der Waals surface area contributed by atoms with Crippen molar-refractivity contribution in [1.82, 2.24) is 14.8 Å². The normalized spacial score (nSPS) is 10.9. The summed E-state index contributed by atoms with van der Waals surface area (Å²) in [5.74, 6) is -1.41. The number of nitrogens with two attached hydrogens (primary N) is 1. The maximum atomic E-state index is 13.1. The number of hydrogen-bond donors (Lipinski definition) is 2. The molecule has 150 valence electrons. The van der Waals surface area contributed by atoms with E-state index >= 15 is 0 Å². The van der Waals surface area contributed by atoms with Crippen LogP contribution in [0.3, 0.4) is 0 Å². The van der Waals surface area contributed by atoms with Gasteiger partial charge in [-0.05, 0) is 36.8 Å². The third-order valence-corrected chi connectivity index (χ3v) is 4.67. The Bertz CT molecular complexity index is 1260. The zero-order valence-corrected chi connectivity index (χ0v) is 16.1. The van der Waals surface area contributed by atoms with Crippen LogP contribution in [0.25, 0.3) is 10.9 Å². The second-order valence-corrected chi connectivity index (χ2v) is 6.84. The Morgan fingerprint density at radius 3 is 2.60 bits per heavy atom. The Morgan fingerprint density at radius 2 is 1.87 bits per heavy atom. The van der Waals surface area contributed by atoms with E-state index in [2.05, 4.69) is 15.4 Å². The zero-order chi connectivity index (χ0) is 21.3. The number of anilines is 1. The summed E-state index contributed by atoms with van der Waals surface area (Å²) in [7, 11) is 0. The van der Waals surface area contributed by atoms with E-state index in [0.717, 1.165) is 5.56 Å². The Labute approximate surface area is 171 Å². The first-order valence-electron chi connectivity index (χ1n) is 9.20. The molecule has 3 N–H and O–H groups in total. The molecule has 0 radical (unpaired) electrons. The lowest BCUT2D eigenvalue weighted by atomic mass is 10.1. The largest absolute Gasteiger partial charge is 0.364 e. The fourth-order valence-corrected chi connectivity index (χ4v) is 3.18. The predicted octanol–water partition coefficient (Wildman–Crippen LogP) is 3.28. The highest BCUT2D eigenvalue weighted by Gasteiger charge is 2.17. The van der Waals surface area contributed by atoms with E-state index in [0.29, 0.717) is 34.4 Å². The maximum absolute atomic E-state index is 13.1. The molecule has 0 bridgehead atoms. The minimum absolute atomic E-state index is 0.0163. The molecule has 4 rings (SSSR count). The third kappa shape index (κ3) is 3.88. The van der Waals surface area contributed by atoms with Crippen molar-refractivity contribution in [2.24, 2.45) is 5.73 Å². The number of amides is 2. The summed E-state index contributed by atoms with van der Waals surface area (Å²) in [6.45, 7) is 2.21. The lowest BCUT2D eigenvalue weighted by Gasteiger charge is -2.08. The molecule has 4 aromatic rings. The SMILES string of the molecule is Cc1nn(Cc2ccc(F)cc2)cc1NC(=O)c1cc(C(N)=O)nc2ccccc12. The number of hydrogen-bond acceptors (Lipinski definition) is 4. The molecule has 0 aliphatic heterocycles. The molecule has 2 aromatic carbocycles. The Morgan fingerprint density at radius 1 is 1.13 bits per heavy atom. The van der Waals surface area contributed by atoms with Crippen LogP contribution in [0.1, 0.15) is 32.1 Å². The van der Waals surface area contributed by atoms with Crippen LogP contribution < -0.4 is 11.1 Å². The fraction of sp³-hybridized carbons (Fsp3) is 0.0909. The Hall–Kier alpha value is -4.07. The van der Waals surface area contributed by atoms with Gasteiger partial charge < -0.3 is 11.1 Å². The molecule has 0 saturated carbocycles. The number of nitrogens with zero attached hydrogens (tertiary/aromatic N) is 3. The standard InChI is InChI=1S/C22H18FN5O2/c1-13-20(12-28(27-13)11-14-6-8-15(23)9-7-14)26-22(30)17-10-19(21(24)29)25-18-5-3-2-4-16(17)18/h2-10,12H,11H2,1H3,(H2,24,29)(H,26,30). The van der Waals surface area contributed by atoms with Gasteiger partial charge in [-0.1, -0.05) is 30.3 Å². The van der Waals surface area contributed by atoms with E-state index in [4.69, 9.17) is 5.73 Å². The van der Waals surface area contributed by atoms with Crippen molar-refractivity contribution in [3.8, 4) is 0 Å². The summed E-state index contributed by atoms with van der Waals surface area (Å²) in [5.41, 5.74) is 8.21. The number of fused-ring (bicyclic) bond motifs is 1. The summed E-state index contributed by atoms with van der Waals surface area (Å²) < 4.78 is 14.7. The molecule has 7 nitrogen and oxygen atoms in total. The van der Waals surface area contributed by atoms with E-state index in [1.54, 1.807) is 54.2 Å². The molecule has 0 unspecified atom stereocenters. The lowest BCUT2D eigenvalue weighted by molar-refractivity contribution is 0.0996. The van der Waals surface area contributed by atoms with Gasteiger partial charge in [-0.15, -0.1) is 0 Å². The van der Waals surface area contributed by atoms with Crippen molar-refractivity contribution in [2.75, 3.05) is 5.32 Å². The number of para-hydroxylation sites is 1. The molecule has 2 amide bonds. The summed E-state index contributed by atoms with van der Waals surface area (Å²) in [6, 6.07) is 14.5. The monoisotopic (exact) mass is 403 g/mol. The summed E-state index contributed by atoms with van der Waals surface area (Å²) in [5, 5.41) is 7.85. The van der Waals surface area contributed by atoms with Crippen molar-refractivity contribution in [3.05, 3.63) is 89.1 Å². The molecule has 0 fully saturated rings. The topological polar surface area (TPSA) is 103 Å². The molecule has 0 spiro atoms. The average molecular weight is 403 g/mol. The number of pyridine rings is 1. The zero-order valence-electron chi connectivity index (χ0n) is 16.1. The molecular formula is C22H18FN5O2. The molecule has 8 heteroatoms. The number of nitrogens with one attached hydrogen (secondary N) is 1. The minimum Gasteiger partial charge on any atom is -0.364 e. The predicted molar refractivity (Wildman–Crippen MR) is 111 cm³/mol. The number of aryl methyl sites for hydroxylation is 1. The van der Waals surface area contributed by atoms with Gasteiger partial charge in [-0.3, -0.25) is 14.3 Å². The molecule has 2 heterocycles.